The monoisotopic (exact) mass is 354 g/mol. The van der Waals surface area contributed by atoms with Crippen LogP contribution in [-0.2, 0) is 13.6 Å². The molecule has 2 aliphatic heterocycles. The first-order valence-electron chi connectivity index (χ1n) is 8.08. The van der Waals surface area contributed by atoms with E-state index >= 15 is 0 Å². The Morgan fingerprint density at radius 1 is 1.04 bits per heavy atom. The average Bonchev–Trinajstić information content (AvgIpc) is 3.19. The molecule has 132 valence electrons. The van der Waals surface area contributed by atoms with Crippen molar-refractivity contribution in [1.29, 1.82) is 0 Å². The number of pyridine rings is 1. The predicted molar refractivity (Wildman–Crippen MR) is 93.2 cm³/mol. The molecule has 0 N–H and O–H groups in total. The van der Waals surface area contributed by atoms with E-state index in [-0.39, 0.29) is 5.88 Å². The van der Waals surface area contributed by atoms with Gasteiger partial charge in [0.2, 0.25) is 5.88 Å². The van der Waals surface area contributed by atoms with Crippen molar-refractivity contribution in [3.05, 3.63) is 66.6 Å². The second kappa shape index (κ2) is 6.59. The number of aromatic nitrogens is 4. The molecule has 4 rings (SSSR count). The minimum Gasteiger partial charge on any atom is -0.415 e. The van der Waals surface area contributed by atoms with Crippen LogP contribution in [0.4, 0.5) is 8.78 Å². The zero-order valence-corrected chi connectivity index (χ0v) is 14.0. The van der Waals surface area contributed by atoms with Gasteiger partial charge in [0.25, 0.3) is 0 Å². The van der Waals surface area contributed by atoms with Crippen LogP contribution in [0.25, 0.3) is 22.5 Å². The molecule has 0 amide bonds. The standard InChI is InChI=1S/C19H16F2N4O/c1-24-12-16(18(23-24)26-19(20)21)15-10-22-17-14(15)8-5-9-25(17)11-13-6-3-2-4-7-13/h2-10,12,19H,11H2,1H3. The summed E-state index contributed by atoms with van der Waals surface area (Å²) in [4.78, 5) is 4.50. The van der Waals surface area contributed by atoms with E-state index in [1.807, 2.05) is 53.2 Å². The molecule has 3 heterocycles. The first-order valence-corrected chi connectivity index (χ1v) is 8.08. The second-order valence-electron chi connectivity index (χ2n) is 5.93. The average molecular weight is 354 g/mol. The number of rotatable bonds is 5. The number of nitrogens with zero attached hydrogens (tertiary/aromatic N) is 4. The van der Waals surface area contributed by atoms with Crippen LogP contribution in [0.2, 0.25) is 0 Å². The molecule has 1 aromatic carbocycles. The lowest BCUT2D eigenvalue weighted by molar-refractivity contribution is -0.0527. The molecule has 0 fully saturated rings. The Bertz CT molecular complexity index is 994. The Balaban J connectivity index is 1.73. The van der Waals surface area contributed by atoms with E-state index in [4.69, 9.17) is 0 Å². The quantitative estimate of drug-likeness (QED) is 0.543. The molecule has 2 aromatic rings. The lowest BCUT2D eigenvalue weighted by Gasteiger charge is -2.12. The lowest BCUT2D eigenvalue weighted by atomic mass is 10.1. The summed E-state index contributed by atoms with van der Waals surface area (Å²) in [6.45, 7) is -2.26. The van der Waals surface area contributed by atoms with Gasteiger partial charge in [-0.25, -0.2) is 4.98 Å². The van der Waals surface area contributed by atoms with Gasteiger partial charge in [-0.2, -0.15) is 8.78 Å². The molecular weight excluding hydrogens is 338 g/mol. The summed E-state index contributed by atoms with van der Waals surface area (Å²) >= 11 is 0. The number of ether oxygens (including phenoxy) is 1. The molecule has 0 atom stereocenters. The first kappa shape index (κ1) is 16.3. The molecule has 26 heavy (non-hydrogen) atoms. The third-order valence-electron chi connectivity index (χ3n) is 4.13. The highest BCUT2D eigenvalue weighted by Gasteiger charge is 2.22. The van der Waals surface area contributed by atoms with E-state index in [9.17, 15) is 8.78 Å². The van der Waals surface area contributed by atoms with Crippen molar-refractivity contribution in [2.24, 2.45) is 7.05 Å². The molecule has 0 radical (unpaired) electrons. The van der Waals surface area contributed by atoms with Crippen LogP contribution >= 0.6 is 0 Å². The third-order valence-corrected chi connectivity index (χ3v) is 4.13. The van der Waals surface area contributed by atoms with Crippen LogP contribution in [0.1, 0.15) is 5.56 Å². The molecule has 0 unspecified atom stereocenters. The molecule has 5 nitrogen and oxygen atoms in total. The Morgan fingerprint density at radius 3 is 2.62 bits per heavy atom. The van der Waals surface area contributed by atoms with Crippen molar-refractivity contribution in [1.82, 2.24) is 19.3 Å². The van der Waals surface area contributed by atoms with Crippen LogP contribution in [0.3, 0.4) is 0 Å². The van der Waals surface area contributed by atoms with Gasteiger partial charge in [-0.1, -0.05) is 30.3 Å². The van der Waals surface area contributed by atoms with Crippen molar-refractivity contribution >= 4 is 0 Å². The number of halogens is 2. The highest BCUT2D eigenvalue weighted by molar-refractivity contribution is 5.84. The van der Waals surface area contributed by atoms with Crippen molar-refractivity contribution in [2.45, 2.75) is 13.2 Å². The van der Waals surface area contributed by atoms with Crippen LogP contribution in [-0.4, -0.2) is 25.9 Å². The van der Waals surface area contributed by atoms with Gasteiger partial charge in [0.1, 0.15) is 5.82 Å². The second-order valence-corrected chi connectivity index (χ2v) is 5.93. The number of hydrogen-bond acceptors (Lipinski definition) is 3. The molecule has 0 saturated heterocycles. The van der Waals surface area contributed by atoms with Gasteiger partial charge in [0, 0.05) is 43.3 Å². The fraction of sp³-hybridized carbons (Fsp3) is 0.158. The van der Waals surface area contributed by atoms with Gasteiger partial charge >= 0.3 is 6.61 Å². The van der Waals surface area contributed by atoms with Crippen molar-refractivity contribution in [2.75, 3.05) is 0 Å². The maximum atomic E-state index is 12.7. The minimum atomic E-state index is -2.93. The highest BCUT2D eigenvalue weighted by Crippen LogP contribution is 2.38. The number of fused-ring (bicyclic) bond motifs is 1. The summed E-state index contributed by atoms with van der Waals surface area (Å²) in [7, 11) is 1.66. The van der Waals surface area contributed by atoms with Gasteiger partial charge in [-0.05, 0) is 17.7 Å². The van der Waals surface area contributed by atoms with Crippen LogP contribution < -0.4 is 4.74 Å². The number of aryl methyl sites for hydroxylation is 1. The van der Waals surface area contributed by atoms with E-state index in [1.165, 1.54) is 4.68 Å². The Kier molecular flexibility index (Phi) is 4.12. The van der Waals surface area contributed by atoms with Gasteiger partial charge in [-0.3, -0.25) is 4.68 Å². The Hall–Kier alpha value is -3.22. The van der Waals surface area contributed by atoms with Crippen molar-refractivity contribution < 1.29 is 13.5 Å². The SMILES string of the molecule is Cn1cc(-c2cnc3n(Cc4ccccc4)cccc2-3)c(OC(F)F)n1. The maximum absolute atomic E-state index is 12.7. The van der Waals surface area contributed by atoms with Crippen molar-refractivity contribution in [3.63, 3.8) is 0 Å². The topological polar surface area (TPSA) is 44.9 Å². The molecule has 0 bridgehead atoms. The van der Waals surface area contributed by atoms with E-state index < -0.39 is 6.61 Å². The summed E-state index contributed by atoms with van der Waals surface area (Å²) in [6.07, 6.45) is 5.27. The van der Waals surface area contributed by atoms with Crippen LogP contribution in [0, 0.1) is 0 Å². The number of hydrogen-bond donors (Lipinski definition) is 0. The zero-order chi connectivity index (χ0) is 18.1. The Labute approximate surface area is 148 Å². The summed E-state index contributed by atoms with van der Waals surface area (Å²) in [6, 6.07) is 13.9. The number of alkyl halides is 2. The highest BCUT2D eigenvalue weighted by atomic mass is 19.3. The van der Waals surface area contributed by atoms with Crippen LogP contribution in [0.5, 0.6) is 5.88 Å². The molecule has 2 aliphatic rings. The summed E-state index contributed by atoms with van der Waals surface area (Å²) < 4.78 is 33.4. The smallest absolute Gasteiger partial charge is 0.388 e. The van der Waals surface area contributed by atoms with Crippen LogP contribution in [0.15, 0.2) is 61.1 Å². The van der Waals surface area contributed by atoms with E-state index in [1.54, 1.807) is 19.4 Å². The normalized spacial score (nSPS) is 11.4. The van der Waals surface area contributed by atoms with Gasteiger partial charge in [0.05, 0.1) is 5.56 Å². The predicted octanol–water partition coefficient (Wildman–Crippen LogP) is 4.04. The van der Waals surface area contributed by atoms with Gasteiger partial charge in [0.15, 0.2) is 0 Å². The maximum Gasteiger partial charge on any atom is 0.388 e. The largest absolute Gasteiger partial charge is 0.415 e. The molecule has 0 saturated carbocycles. The zero-order valence-electron chi connectivity index (χ0n) is 14.0. The summed E-state index contributed by atoms with van der Waals surface area (Å²) in [5.74, 6) is 0.675. The Morgan fingerprint density at radius 2 is 1.85 bits per heavy atom. The fourth-order valence-corrected chi connectivity index (χ4v) is 3.04. The first-order chi connectivity index (χ1) is 12.6. The van der Waals surface area contributed by atoms with E-state index in [2.05, 4.69) is 14.8 Å². The van der Waals surface area contributed by atoms with E-state index in [0.29, 0.717) is 17.7 Å². The molecule has 0 aliphatic carbocycles. The van der Waals surface area contributed by atoms with E-state index in [0.717, 1.165) is 17.0 Å². The fourth-order valence-electron chi connectivity index (χ4n) is 3.04. The molecule has 1 aromatic heterocycles. The molecule has 7 heteroatoms. The summed E-state index contributed by atoms with van der Waals surface area (Å²) in [5, 5.41) is 3.98. The molecule has 0 spiro atoms. The third kappa shape index (κ3) is 3.03. The summed E-state index contributed by atoms with van der Waals surface area (Å²) in [5.41, 5.74) is 3.21. The van der Waals surface area contributed by atoms with Gasteiger partial charge in [-0.15, -0.1) is 5.10 Å². The number of benzene rings is 1. The molecular formula is C19H16F2N4O. The minimum absolute atomic E-state index is 0.102. The van der Waals surface area contributed by atoms with Gasteiger partial charge < -0.3 is 9.30 Å². The lowest BCUT2D eigenvalue weighted by Crippen LogP contribution is -2.05. The van der Waals surface area contributed by atoms with Crippen molar-refractivity contribution in [3.8, 4) is 28.4 Å².